The second-order valence-corrected chi connectivity index (χ2v) is 5.88. The Hall–Kier alpha value is -1.02. The Kier molecular flexibility index (Phi) is 3.06. The average Bonchev–Trinajstić information content (AvgIpc) is 2.80. The summed E-state index contributed by atoms with van der Waals surface area (Å²) in [4.78, 5) is 0. The van der Waals surface area contributed by atoms with Crippen LogP contribution in [0.25, 0.3) is 0 Å². The summed E-state index contributed by atoms with van der Waals surface area (Å²) < 4.78 is 0. The highest BCUT2D eigenvalue weighted by Crippen LogP contribution is 2.43. The van der Waals surface area contributed by atoms with Gasteiger partial charge in [-0.25, -0.2) is 0 Å². The molecule has 1 aromatic carbocycles. The summed E-state index contributed by atoms with van der Waals surface area (Å²) in [7, 11) is 0. The number of aliphatic hydroxyl groups is 1. The third-order valence-corrected chi connectivity index (χ3v) is 4.98. The number of fused-ring (bicyclic) bond motifs is 1. The highest BCUT2D eigenvalue weighted by atomic mass is 16.3. The van der Waals surface area contributed by atoms with E-state index in [1.807, 2.05) is 0 Å². The first-order valence-corrected chi connectivity index (χ1v) is 7.31. The van der Waals surface area contributed by atoms with E-state index in [1.165, 1.54) is 24.1 Å². The third kappa shape index (κ3) is 1.83. The fourth-order valence-corrected chi connectivity index (χ4v) is 3.92. The van der Waals surface area contributed by atoms with Crippen LogP contribution in [0.4, 0.5) is 5.69 Å². The lowest BCUT2D eigenvalue weighted by atomic mass is 9.78. The fraction of sp³-hybridized carbons (Fsp3) is 0.625. The average molecular weight is 245 g/mol. The fourth-order valence-electron chi connectivity index (χ4n) is 3.92. The van der Waals surface area contributed by atoms with Crippen molar-refractivity contribution in [3.05, 3.63) is 29.8 Å². The Balaban J connectivity index is 1.83. The summed E-state index contributed by atoms with van der Waals surface area (Å²) in [5.74, 6) is 0.472. The molecule has 0 amide bonds. The van der Waals surface area contributed by atoms with Gasteiger partial charge in [-0.15, -0.1) is 0 Å². The van der Waals surface area contributed by atoms with E-state index in [4.69, 9.17) is 0 Å². The Labute approximate surface area is 109 Å². The monoisotopic (exact) mass is 245 g/mol. The zero-order chi connectivity index (χ0) is 12.6. The van der Waals surface area contributed by atoms with Gasteiger partial charge in [-0.1, -0.05) is 38.0 Å². The molecule has 1 heterocycles. The molecule has 2 N–H and O–H groups in total. The summed E-state index contributed by atoms with van der Waals surface area (Å²) in [5.41, 5.74) is 2.13. The van der Waals surface area contributed by atoms with E-state index < -0.39 is 5.60 Å². The van der Waals surface area contributed by atoms with Crippen LogP contribution in [0.15, 0.2) is 24.3 Å². The molecule has 1 aromatic rings. The van der Waals surface area contributed by atoms with Crippen LogP contribution in [0.1, 0.15) is 44.6 Å². The Morgan fingerprint density at radius 1 is 1.33 bits per heavy atom. The molecule has 0 spiro atoms. The number of anilines is 1. The van der Waals surface area contributed by atoms with Crippen molar-refractivity contribution in [3.63, 3.8) is 0 Å². The Morgan fingerprint density at radius 2 is 2.17 bits per heavy atom. The number of hydrogen-bond donors (Lipinski definition) is 2. The van der Waals surface area contributed by atoms with E-state index in [0.29, 0.717) is 5.92 Å². The van der Waals surface area contributed by atoms with Gasteiger partial charge >= 0.3 is 0 Å². The molecule has 3 atom stereocenters. The molecule has 2 aliphatic rings. The van der Waals surface area contributed by atoms with Gasteiger partial charge in [0.15, 0.2) is 0 Å². The number of rotatable bonds is 2. The van der Waals surface area contributed by atoms with Crippen molar-refractivity contribution in [2.45, 2.75) is 57.1 Å². The zero-order valence-corrected chi connectivity index (χ0v) is 11.2. The molecule has 3 unspecified atom stereocenters. The van der Waals surface area contributed by atoms with Gasteiger partial charge in [0.25, 0.3) is 0 Å². The molecule has 2 nitrogen and oxygen atoms in total. The van der Waals surface area contributed by atoms with E-state index in [-0.39, 0.29) is 6.04 Å². The minimum absolute atomic E-state index is 0.236. The van der Waals surface area contributed by atoms with Gasteiger partial charge in [-0.2, -0.15) is 0 Å². The third-order valence-electron chi connectivity index (χ3n) is 4.98. The van der Waals surface area contributed by atoms with Crippen LogP contribution in [0.5, 0.6) is 0 Å². The summed E-state index contributed by atoms with van der Waals surface area (Å²) in [5, 5.41) is 14.6. The van der Waals surface area contributed by atoms with E-state index in [9.17, 15) is 5.11 Å². The zero-order valence-electron chi connectivity index (χ0n) is 11.2. The number of hydrogen-bond acceptors (Lipinski definition) is 2. The minimum atomic E-state index is -0.484. The van der Waals surface area contributed by atoms with E-state index in [1.54, 1.807) is 0 Å². The molecule has 0 radical (unpaired) electrons. The maximum Gasteiger partial charge on any atom is 0.0875 e. The van der Waals surface area contributed by atoms with Crippen LogP contribution in [-0.4, -0.2) is 16.7 Å². The molecule has 3 rings (SSSR count). The lowest BCUT2D eigenvalue weighted by molar-refractivity contribution is -0.0195. The molecule has 1 fully saturated rings. The molecule has 1 aliphatic heterocycles. The van der Waals surface area contributed by atoms with Crippen LogP contribution in [0.3, 0.4) is 0 Å². The molecule has 1 aliphatic carbocycles. The molecule has 0 saturated heterocycles. The maximum absolute atomic E-state index is 11.0. The lowest BCUT2D eigenvalue weighted by Gasteiger charge is -2.41. The smallest absolute Gasteiger partial charge is 0.0875 e. The van der Waals surface area contributed by atoms with Crippen molar-refractivity contribution >= 4 is 5.69 Å². The topological polar surface area (TPSA) is 32.3 Å². The van der Waals surface area contributed by atoms with E-state index in [2.05, 4.69) is 36.5 Å². The summed E-state index contributed by atoms with van der Waals surface area (Å²) in [6.07, 6.45) is 6.57. The maximum atomic E-state index is 11.0. The largest absolute Gasteiger partial charge is 0.387 e. The predicted octanol–water partition coefficient (Wildman–Crippen LogP) is 3.35. The van der Waals surface area contributed by atoms with Gasteiger partial charge in [0, 0.05) is 5.69 Å². The molecular formula is C16H23NO. The first-order valence-electron chi connectivity index (χ1n) is 7.31. The molecule has 0 bridgehead atoms. The molecule has 1 saturated carbocycles. The normalized spacial score (nSPS) is 35.0. The quantitative estimate of drug-likeness (QED) is 0.837. The van der Waals surface area contributed by atoms with Crippen LogP contribution < -0.4 is 5.32 Å². The van der Waals surface area contributed by atoms with Crippen LogP contribution >= 0.6 is 0 Å². The van der Waals surface area contributed by atoms with Crippen molar-refractivity contribution in [2.75, 3.05) is 5.32 Å². The van der Waals surface area contributed by atoms with Crippen molar-refractivity contribution in [1.82, 2.24) is 0 Å². The second kappa shape index (κ2) is 4.58. The van der Waals surface area contributed by atoms with Gasteiger partial charge in [0.1, 0.15) is 0 Å². The molecule has 2 heteroatoms. The van der Waals surface area contributed by atoms with Crippen molar-refractivity contribution in [1.29, 1.82) is 0 Å². The summed E-state index contributed by atoms with van der Waals surface area (Å²) in [6.45, 7) is 2.21. The standard InChI is InChI=1S/C16H23NO/c1-2-13-7-5-11-16(13,18)15-10-9-12-6-3-4-8-14(12)17-15/h3-4,6,8,13,15,17-18H,2,5,7,9-11H2,1H3. The number of benzene rings is 1. The molecule has 98 valence electrons. The predicted molar refractivity (Wildman–Crippen MR) is 74.8 cm³/mol. The summed E-state index contributed by atoms with van der Waals surface area (Å²) >= 11 is 0. The van der Waals surface area contributed by atoms with Crippen molar-refractivity contribution in [3.8, 4) is 0 Å². The Morgan fingerprint density at radius 3 is 3.00 bits per heavy atom. The van der Waals surface area contributed by atoms with Crippen LogP contribution in [-0.2, 0) is 6.42 Å². The lowest BCUT2D eigenvalue weighted by Crippen LogP contribution is -2.51. The molecule has 18 heavy (non-hydrogen) atoms. The van der Waals surface area contributed by atoms with Crippen LogP contribution in [0.2, 0.25) is 0 Å². The number of nitrogens with one attached hydrogen (secondary N) is 1. The minimum Gasteiger partial charge on any atom is -0.387 e. The van der Waals surface area contributed by atoms with Gasteiger partial charge in [0.05, 0.1) is 11.6 Å². The highest BCUT2D eigenvalue weighted by molar-refractivity contribution is 5.54. The van der Waals surface area contributed by atoms with Crippen molar-refractivity contribution < 1.29 is 5.11 Å². The molecule has 0 aromatic heterocycles. The molecular weight excluding hydrogens is 222 g/mol. The SMILES string of the molecule is CCC1CCCC1(O)C1CCc2ccccc2N1. The van der Waals surface area contributed by atoms with E-state index in [0.717, 1.165) is 25.7 Å². The van der Waals surface area contributed by atoms with Gasteiger partial charge < -0.3 is 10.4 Å². The number of aryl methyl sites for hydroxylation is 1. The second-order valence-electron chi connectivity index (χ2n) is 5.88. The van der Waals surface area contributed by atoms with Gasteiger partial charge in [-0.3, -0.25) is 0 Å². The van der Waals surface area contributed by atoms with Gasteiger partial charge in [-0.05, 0) is 43.2 Å². The first kappa shape index (κ1) is 12.0. The number of para-hydroxylation sites is 1. The van der Waals surface area contributed by atoms with E-state index >= 15 is 0 Å². The first-order chi connectivity index (χ1) is 8.74. The van der Waals surface area contributed by atoms with Gasteiger partial charge in [0.2, 0.25) is 0 Å². The Bertz CT molecular complexity index is 431. The van der Waals surface area contributed by atoms with Crippen molar-refractivity contribution in [2.24, 2.45) is 5.92 Å². The van der Waals surface area contributed by atoms with Crippen LogP contribution in [0, 0.1) is 5.92 Å². The highest BCUT2D eigenvalue weighted by Gasteiger charge is 2.46. The summed E-state index contributed by atoms with van der Waals surface area (Å²) in [6, 6.07) is 8.74.